The highest BCUT2D eigenvalue weighted by Gasteiger charge is 2.72. The van der Waals surface area contributed by atoms with Crippen molar-refractivity contribution >= 4 is 26.5 Å². The summed E-state index contributed by atoms with van der Waals surface area (Å²) in [6, 6.07) is 31.8. The molecule has 2 aliphatic rings. The quantitative estimate of drug-likeness (QED) is 0.162. The predicted molar refractivity (Wildman–Crippen MR) is 159 cm³/mol. The molecule has 0 spiro atoms. The lowest BCUT2D eigenvalue weighted by Gasteiger charge is -2.64. The second-order valence-electron chi connectivity index (χ2n) is 11.9. The first kappa shape index (κ1) is 27.2. The number of thioether (sulfide) groups is 1. The number of benzene rings is 3. The molecule has 200 valence electrons. The molecule has 5 rings (SSSR count). The Morgan fingerprint density at radius 2 is 1.26 bits per heavy atom. The van der Waals surface area contributed by atoms with Gasteiger partial charge in [-0.05, 0) is 44.4 Å². The summed E-state index contributed by atoms with van der Waals surface area (Å²) in [6.07, 6.45) is -1.15. The van der Waals surface area contributed by atoms with Crippen LogP contribution in [0.15, 0.2) is 91.0 Å². The van der Waals surface area contributed by atoms with Gasteiger partial charge < -0.3 is 14.7 Å². The van der Waals surface area contributed by atoms with Gasteiger partial charge >= 0.3 is 0 Å². The average molecular weight is 546 g/mol. The van der Waals surface area contributed by atoms with Crippen molar-refractivity contribution in [1.82, 2.24) is 4.90 Å². The Bertz CT molecular complexity index is 1170. The number of aliphatic hydroxyl groups is 1. The van der Waals surface area contributed by atoms with Crippen LogP contribution in [0.4, 0.5) is 0 Å². The number of carbonyl (C=O) groups excluding carboxylic acids is 1. The average Bonchev–Trinajstić information content (AvgIpc) is 3.63. The van der Waals surface area contributed by atoms with Crippen LogP contribution in [-0.4, -0.2) is 53.9 Å². The summed E-state index contributed by atoms with van der Waals surface area (Å²) in [6.45, 7) is 12.7. The van der Waals surface area contributed by atoms with Gasteiger partial charge in [0.15, 0.2) is 0 Å². The summed E-state index contributed by atoms with van der Waals surface area (Å²) in [7, 11) is -1.75. The van der Waals surface area contributed by atoms with E-state index in [9.17, 15) is 9.90 Å². The van der Waals surface area contributed by atoms with Gasteiger partial charge in [0, 0.05) is 5.54 Å². The lowest BCUT2D eigenvalue weighted by molar-refractivity contribution is -0.164. The molecule has 5 atom stereocenters. The number of β-lactam (4-membered cyclic amide) rings is 1. The molecule has 2 saturated heterocycles. The number of rotatable bonds is 8. The fourth-order valence-electron chi connectivity index (χ4n) is 6.22. The Balaban J connectivity index is 1.77. The van der Waals surface area contributed by atoms with Crippen LogP contribution < -0.4 is 0 Å². The zero-order valence-electron chi connectivity index (χ0n) is 23.2. The largest absolute Gasteiger partial charge is 0.389 e. The van der Waals surface area contributed by atoms with E-state index in [2.05, 4.69) is 107 Å². The van der Waals surface area contributed by atoms with Crippen LogP contribution in [0.1, 0.15) is 44.4 Å². The van der Waals surface area contributed by atoms with E-state index in [1.807, 2.05) is 41.8 Å². The van der Waals surface area contributed by atoms with Gasteiger partial charge in [0.1, 0.15) is 6.10 Å². The monoisotopic (exact) mass is 545 g/mol. The number of hydrogen-bond acceptors (Lipinski definition) is 4. The van der Waals surface area contributed by atoms with Crippen molar-refractivity contribution in [3.8, 4) is 0 Å². The molecule has 0 bridgehead atoms. The molecular weight excluding hydrogens is 507 g/mol. The summed E-state index contributed by atoms with van der Waals surface area (Å²) >= 11 is 1.81. The minimum atomic E-state index is -1.75. The molecule has 1 amide bonds. The van der Waals surface area contributed by atoms with Crippen molar-refractivity contribution in [3.63, 3.8) is 0 Å². The lowest BCUT2D eigenvalue weighted by Crippen LogP contribution is -2.76. The molecule has 4 nitrogen and oxygen atoms in total. The Morgan fingerprint density at radius 1 is 0.868 bits per heavy atom. The van der Waals surface area contributed by atoms with Crippen molar-refractivity contribution in [1.29, 1.82) is 0 Å². The van der Waals surface area contributed by atoms with Gasteiger partial charge in [-0.15, -0.1) is 11.8 Å². The molecule has 0 aliphatic carbocycles. The maximum absolute atomic E-state index is 14.3. The smallest absolute Gasteiger partial charge is 0.232 e. The van der Waals surface area contributed by atoms with E-state index >= 15 is 0 Å². The first-order valence-corrected chi connectivity index (χ1v) is 17.3. The van der Waals surface area contributed by atoms with Crippen molar-refractivity contribution < 1.29 is 14.6 Å². The number of epoxide rings is 1. The molecule has 6 heteroatoms. The van der Waals surface area contributed by atoms with Crippen molar-refractivity contribution in [2.45, 2.75) is 79.8 Å². The van der Waals surface area contributed by atoms with E-state index in [1.165, 1.54) is 0 Å². The SMILES string of the molecule is CC1OC1C(O)[C@]1([SiH](C)C)C(=O)N(C(C)(C)C)[C@@H]1SC(c1ccccc1)(c1ccccc1)c1ccccc1. The topological polar surface area (TPSA) is 53.1 Å². The molecule has 2 aliphatic heterocycles. The maximum atomic E-state index is 14.3. The number of amides is 1. The number of aliphatic hydroxyl groups excluding tert-OH is 1. The van der Waals surface area contributed by atoms with Gasteiger partial charge in [-0.2, -0.15) is 0 Å². The van der Waals surface area contributed by atoms with Gasteiger partial charge in [0.2, 0.25) is 5.91 Å². The number of carbonyl (C=O) groups is 1. The van der Waals surface area contributed by atoms with Gasteiger partial charge in [0.05, 0.1) is 36.2 Å². The zero-order valence-corrected chi connectivity index (χ0v) is 25.1. The van der Waals surface area contributed by atoms with Crippen LogP contribution >= 0.6 is 11.8 Å². The summed E-state index contributed by atoms with van der Waals surface area (Å²) in [5, 5.41) is 10.8. The highest BCUT2D eigenvalue weighted by atomic mass is 32.2. The van der Waals surface area contributed by atoms with E-state index in [4.69, 9.17) is 4.74 Å². The molecule has 1 N–H and O–H groups in total. The van der Waals surface area contributed by atoms with Crippen LogP contribution in [0.5, 0.6) is 0 Å². The minimum Gasteiger partial charge on any atom is -0.389 e. The Hall–Kier alpha value is -2.38. The zero-order chi connectivity index (χ0) is 27.3. The van der Waals surface area contributed by atoms with E-state index < -0.39 is 30.2 Å². The standard InChI is InChI=1S/C32H39NO3SSi/c1-22-26(36-22)27(34)32(38(5)6)28(35)33(30(2,3)4)29(32)37-31(23-16-10-7-11-17-23,24-18-12-8-13-19-24)25-20-14-9-15-21-25/h7-22,26-27,29,34,38H,1-6H3/t22?,26?,27?,29-,32+/m1/s1. The first-order valence-electron chi connectivity index (χ1n) is 13.6. The van der Waals surface area contributed by atoms with E-state index in [0.717, 1.165) is 16.7 Å². The molecule has 2 heterocycles. The van der Waals surface area contributed by atoms with Crippen LogP contribution in [0, 0.1) is 0 Å². The summed E-state index contributed by atoms with van der Waals surface area (Å²) in [5.41, 5.74) is 3.06. The van der Waals surface area contributed by atoms with Gasteiger partial charge in [-0.25, -0.2) is 0 Å². The summed E-state index contributed by atoms with van der Waals surface area (Å²) in [4.78, 5) is 16.3. The lowest BCUT2D eigenvalue weighted by atomic mass is 9.83. The maximum Gasteiger partial charge on any atom is 0.232 e. The molecule has 3 unspecified atom stereocenters. The molecule has 3 aromatic rings. The molecule has 0 saturated carbocycles. The third kappa shape index (κ3) is 4.17. The molecule has 2 fully saturated rings. The van der Waals surface area contributed by atoms with Crippen LogP contribution in [0.25, 0.3) is 0 Å². The van der Waals surface area contributed by atoms with Crippen molar-refractivity contribution in [3.05, 3.63) is 108 Å². The normalized spacial score (nSPS) is 26.3. The highest BCUT2D eigenvalue weighted by molar-refractivity contribution is 8.01. The Kier molecular flexibility index (Phi) is 7.14. The third-order valence-electron chi connectivity index (χ3n) is 8.30. The second kappa shape index (κ2) is 9.98. The van der Waals surface area contributed by atoms with E-state index in [-0.39, 0.29) is 23.5 Å². The Morgan fingerprint density at radius 3 is 1.58 bits per heavy atom. The van der Waals surface area contributed by atoms with Crippen LogP contribution in [0.3, 0.4) is 0 Å². The predicted octanol–water partition coefficient (Wildman–Crippen LogP) is 6.05. The highest BCUT2D eigenvalue weighted by Crippen LogP contribution is 2.65. The van der Waals surface area contributed by atoms with Crippen LogP contribution in [-0.2, 0) is 14.3 Å². The summed E-state index contributed by atoms with van der Waals surface area (Å²) < 4.78 is 5.21. The first-order chi connectivity index (χ1) is 18.1. The Labute approximate surface area is 233 Å². The molecule has 0 radical (unpaired) electrons. The van der Waals surface area contributed by atoms with Gasteiger partial charge in [-0.1, -0.05) is 104 Å². The molecule has 3 aromatic carbocycles. The molecule has 0 aromatic heterocycles. The van der Waals surface area contributed by atoms with Crippen molar-refractivity contribution in [2.75, 3.05) is 0 Å². The third-order valence-corrected chi connectivity index (χ3v) is 13.2. The fraction of sp³-hybridized carbons (Fsp3) is 0.406. The van der Waals surface area contributed by atoms with E-state index in [1.54, 1.807) is 0 Å². The molecule has 38 heavy (non-hydrogen) atoms. The van der Waals surface area contributed by atoms with E-state index in [0.29, 0.717) is 0 Å². The second-order valence-corrected chi connectivity index (χ2v) is 16.5. The molecular formula is C32H39NO3SSi. The summed E-state index contributed by atoms with van der Waals surface area (Å²) in [5.74, 6) is 0.0717. The minimum absolute atomic E-state index is 0.0288. The number of ether oxygens (including phenoxy) is 1. The van der Waals surface area contributed by atoms with Gasteiger partial charge in [0.25, 0.3) is 0 Å². The van der Waals surface area contributed by atoms with Crippen molar-refractivity contribution in [2.24, 2.45) is 0 Å². The number of nitrogens with zero attached hydrogens (tertiary/aromatic N) is 1. The fourth-order valence-corrected chi connectivity index (χ4v) is 11.6. The number of hydrogen-bond donors (Lipinski definition) is 1. The number of likely N-dealkylation sites (tertiary alicyclic amines) is 1. The van der Waals surface area contributed by atoms with Gasteiger partial charge in [-0.3, -0.25) is 4.79 Å². The van der Waals surface area contributed by atoms with Crippen LogP contribution in [0.2, 0.25) is 18.1 Å².